The van der Waals surface area contributed by atoms with E-state index in [9.17, 15) is 0 Å². The van der Waals surface area contributed by atoms with Crippen molar-refractivity contribution in [3.63, 3.8) is 0 Å². The highest BCUT2D eigenvalue weighted by atomic mass is 15.0. The molecule has 1 heterocycles. The van der Waals surface area contributed by atoms with Gasteiger partial charge in [-0.2, -0.15) is 0 Å². The summed E-state index contributed by atoms with van der Waals surface area (Å²) in [5.74, 6) is 0. The van der Waals surface area contributed by atoms with E-state index in [-0.39, 0.29) is 0 Å². The average Bonchev–Trinajstić information content (AvgIpc) is 2.37. The molecule has 1 spiro atoms. The van der Waals surface area contributed by atoms with Crippen molar-refractivity contribution >= 4 is 17.1 Å². The summed E-state index contributed by atoms with van der Waals surface area (Å²) in [5.41, 5.74) is 9.51. The molecule has 0 unspecified atom stereocenters. The second kappa shape index (κ2) is 3.05. The first-order chi connectivity index (χ1) is 7.29. The van der Waals surface area contributed by atoms with Gasteiger partial charge in [-0.15, -0.1) is 0 Å². The molecule has 0 aromatic heterocycles. The SMILES string of the molecule is Nc1cccc2c1NCC1(CCC1)CN2. The van der Waals surface area contributed by atoms with Crippen molar-refractivity contribution in [1.29, 1.82) is 0 Å². The topological polar surface area (TPSA) is 50.1 Å². The largest absolute Gasteiger partial charge is 0.397 e. The van der Waals surface area contributed by atoms with Gasteiger partial charge in [-0.25, -0.2) is 0 Å². The van der Waals surface area contributed by atoms with Crippen molar-refractivity contribution in [2.75, 3.05) is 29.5 Å². The van der Waals surface area contributed by atoms with Crippen LogP contribution >= 0.6 is 0 Å². The number of hydrogen-bond acceptors (Lipinski definition) is 3. The zero-order chi connectivity index (χ0) is 10.3. The molecule has 80 valence electrons. The monoisotopic (exact) mass is 203 g/mol. The van der Waals surface area contributed by atoms with Gasteiger partial charge in [-0.3, -0.25) is 0 Å². The third-order valence-corrected chi connectivity index (χ3v) is 3.80. The minimum atomic E-state index is 0.478. The van der Waals surface area contributed by atoms with Gasteiger partial charge in [0.05, 0.1) is 17.1 Å². The lowest BCUT2D eigenvalue weighted by Gasteiger charge is -2.41. The molecule has 1 fully saturated rings. The van der Waals surface area contributed by atoms with E-state index in [0.29, 0.717) is 5.41 Å². The minimum absolute atomic E-state index is 0.478. The first-order valence-corrected chi connectivity index (χ1v) is 5.65. The van der Waals surface area contributed by atoms with E-state index < -0.39 is 0 Å². The summed E-state index contributed by atoms with van der Waals surface area (Å²) in [5, 5.41) is 7.01. The number of para-hydroxylation sites is 1. The molecule has 3 rings (SSSR count). The van der Waals surface area contributed by atoms with E-state index in [4.69, 9.17) is 5.73 Å². The average molecular weight is 203 g/mol. The highest BCUT2D eigenvalue weighted by Crippen LogP contribution is 2.44. The predicted molar refractivity (Wildman–Crippen MR) is 64.1 cm³/mol. The van der Waals surface area contributed by atoms with Crippen LogP contribution in [0.3, 0.4) is 0 Å². The Balaban J connectivity index is 1.91. The number of benzene rings is 1. The fraction of sp³-hybridized carbons (Fsp3) is 0.500. The van der Waals surface area contributed by atoms with Gasteiger partial charge >= 0.3 is 0 Å². The molecule has 0 bridgehead atoms. The fourth-order valence-corrected chi connectivity index (χ4v) is 2.57. The lowest BCUT2D eigenvalue weighted by molar-refractivity contribution is 0.171. The third kappa shape index (κ3) is 1.34. The van der Waals surface area contributed by atoms with Crippen molar-refractivity contribution in [3.05, 3.63) is 18.2 Å². The zero-order valence-electron chi connectivity index (χ0n) is 8.84. The summed E-state index contributed by atoms with van der Waals surface area (Å²) < 4.78 is 0. The van der Waals surface area contributed by atoms with Gasteiger partial charge in [0.2, 0.25) is 0 Å². The molecular weight excluding hydrogens is 186 g/mol. The minimum Gasteiger partial charge on any atom is -0.397 e. The summed E-state index contributed by atoms with van der Waals surface area (Å²) in [6, 6.07) is 6.05. The van der Waals surface area contributed by atoms with Crippen LogP contribution in [0.25, 0.3) is 0 Å². The quantitative estimate of drug-likeness (QED) is 0.567. The molecule has 4 N–H and O–H groups in total. The van der Waals surface area contributed by atoms with E-state index >= 15 is 0 Å². The van der Waals surface area contributed by atoms with Crippen molar-refractivity contribution < 1.29 is 0 Å². The molecule has 0 atom stereocenters. The molecule has 3 nitrogen and oxygen atoms in total. The Morgan fingerprint density at radius 2 is 1.93 bits per heavy atom. The van der Waals surface area contributed by atoms with Gasteiger partial charge < -0.3 is 16.4 Å². The predicted octanol–water partition coefficient (Wildman–Crippen LogP) is 2.28. The maximum Gasteiger partial charge on any atom is 0.0809 e. The Morgan fingerprint density at radius 1 is 1.13 bits per heavy atom. The molecule has 1 aliphatic carbocycles. The Hall–Kier alpha value is -1.38. The molecule has 1 saturated carbocycles. The van der Waals surface area contributed by atoms with Gasteiger partial charge in [0.15, 0.2) is 0 Å². The second-order valence-electron chi connectivity index (χ2n) is 4.83. The van der Waals surface area contributed by atoms with Gasteiger partial charge in [0.1, 0.15) is 0 Å². The van der Waals surface area contributed by atoms with Crippen LogP contribution in [0.15, 0.2) is 18.2 Å². The Morgan fingerprint density at radius 3 is 2.67 bits per heavy atom. The highest BCUT2D eigenvalue weighted by molar-refractivity contribution is 5.81. The molecule has 1 aromatic rings. The third-order valence-electron chi connectivity index (χ3n) is 3.80. The van der Waals surface area contributed by atoms with E-state index in [1.54, 1.807) is 0 Å². The smallest absolute Gasteiger partial charge is 0.0809 e. The van der Waals surface area contributed by atoms with Crippen LogP contribution in [-0.2, 0) is 0 Å². The van der Waals surface area contributed by atoms with E-state index in [0.717, 1.165) is 30.2 Å². The molecule has 0 radical (unpaired) electrons. The van der Waals surface area contributed by atoms with Gasteiger partial charge in [0, 0.05) is 18.5 Å². The van der Waals surface area contributed by atoms with Crippen LogP contribution in [-0.4, -0.2) is 13.1 Å². The van der Waals surface area contributed by atoms with E-state index in [2.05, 4.69) is 16.7 Å². The summed E-state index contributed by atoms with van der Waals surface area (Å²) in [6.07, 6.45) is 4.04. The summed E-state index contributed by atoms with van der Waals surface area (Å²) in [6.45, 7) is 2.14. The normalized spacial score (nSPS) is 21.9. The number of hydrogen-bond donors (Lipinski definition) is 3. The maximum absolute atomic E-state index is 5.96. The molecular formula is C12H17N3. The van der Waals surface area contributed by atoms with Crippen LogP contribution in [0.4, 0.5) is 17.1 Å². The number of fused-ring (bicyclic) bond motifs is 1. The molecule has 2 aliphatic rings. The van der Waals surface area contributed by atoms with Crippen LogP contribution in [0.2, 0.25) is 0 Å². The summed E-state index contributed by atoms with van der Waals surface area (Å²) >= 11 is 0. The van der Waals surface area contributed by atoms with Crippen LogP contribution in [0.1, 0.15) is 19.3 Å². The number of nitrogen functional groups attached to an aromatic ring is 1. The van der Waals surface area contributed by atoms with Crippen molar-refractivity contribution in [2.45, 2.75) is 19.3 Å². The lowest BCUT2D eigenvalue weighted by Crippen LogP contribution is -2.40. The van der Waals surface area contributed by atoms with Crippen molar-refractivity contribution in [3.8, 4) is 0 Å². The highest BCUT2D eigenvalue weighted by Gasteiger charge is 2.38. The zero-order valence-corrected chi connectivity index (χ0v) is 8.84. The molecule has 15 heavy (non-hydrogen) atoms. The van der Waals surface area contributed by atoms with E-state index in [1.807, 2.05) is 12.1 Å². The first kappa shape index (κ1) is 8.89. The van der Waals surface area contributed by atoms with Gasteiger partial charge in [-0.1, -0.05) is 12.5 Å². The van der Waals surface area contributed by atoms with Crippen LogP contribution in [0.5, 0.6) is 0 Å². The van der Waals surface area contributed by atoms with Crippen molar-refractivity contribution in [2.24, 2.45) is 5.41 Å². The first-order valence-electron chi connectivity index (χ1n) is 5.65. The Bertz CT molecular complexity index is 382. The summed E-state index contributed by atoms with van der Waals surface area (Å²) in [4.78, 5) is 0. The number of nitrogens with two attached hydrogens (primary N) is 1. The molecule has 1 aromatic carbocycles. The Kier molecular flexibility index (Phi) is 1.81. The molecule has 1 aliphatic heterocycles. The molecule has 3 heteroatoms. The van der Waals surface area contributed by atoms with Gasteiger partial charge in [-0.05, 0) is 25.0 Å². The fourth-order valence-electron chi connectivity index (χ4n) is 2.57. The standard InChI is InChI=1S/C12H17N3/c13-9-3-1-4-10-11(9)15-8-12(7-14-10)5-2-6-12/h1,3-4,14-15H,2,5-8,13H2. The number of nitrogens with one attached hydrogen (secondary N) is 2. The lowest BCUT2D eigenvalue weighted by atomic mass is 9.69. The van der Waals surface area contributed by atoms with Gasteiger partial charge in [0.25, 0.3) is 0 Å². The Labute approximate surface area is 90.0 Å². The molecule has 0 amide bonds. The second-order valence-corrected chi connectivity index (χ2v) is 4.83. The maximum atomic E-state index is 5.96. The number of anilines is 3. The molecule has 0 saturated heterocycles. The van der Waals surface area contributed by atoms with Crippen LogP contribution in [0, 0.1) is 5.41 Å². The van der Waals surface area contributed by atoms with E-state index in [1.165, 1.54) is 19.3 Å². The van der Waals surface area contributed by atoms with Crippen molar-refractivity contribution in [1.82, 2.24) is 0 Å². The summed E-state index contributed by atoms with van der Waals surface area (Å²) in [7, 11) is 0. The number of rotatable bonds is 0. The van der Waals surface area contributed by atoms with Crippen LogP contribution < -0.4 is 16.4 Å².